The summed E-state index contributed by atoms with van der Waals surface area (Å²) >= 11 is 0. The van der Waals surface area contributed by atoms with Gasteiger partial charge in [-0.05, 0) is 44.2 Å². The number of benzene rings is 1. The fourth-order valence-electron chi connectivity index (χ4n) is 2.76. The third kappa shape index (κ3) is 2.79. The molecule has 1 unspecified atom stereocenters. The predicted molar refractivity (Wildman–Crippen MR) is 83.3 cm³/mol. The van der Waals surface area contributed by atoms with Crippen molar-refractivity contribution >= 4 is 21.0 Å². The molecule has 1 fully saturated rings. The Labute approximate surface area is 128 Å². The molecular weight excluding hydrogens is 304 g/mol. The van der Waals surface area contributed by atoms with Crippen LogP contribution in [0.5, 0.6) is 0 Å². The normalized spacial score (nSPS) is 20.3. The number of likely N-dealkylation sites (N-methyl/N-ethyl adjacent to an activating group) is 1. The van der Waals surface area contributed by atoms with Gasteiger partial charge in [0.15, 0.2) is 0 Å². The van der Waals surface area contributed by atoms with Gasteiger partial charge in [0.1, 0.15) is 5.58 Å². The summed E-state index contributed by atoms with van der Waals surface area (Å²) in [6, 6.07) is 7.62. The molecule has 1 aromatic carbocycles. The number of sulfonamides is 1. The minimum atomic E-state index is -3.53. The van der Waals surface area contributed by atoms with Gasteiger partial charge in [-0.25, -0.2) is 13.2 Å². The Kier molecular flexibility index (Phi) is 4.03. The van der Waals surface area contributed by atoms with Crippen LogP contribution in [-0.2, 0) is 10.0 Å². The van der Waals surface area contributed by atoms with E-state index in [4.69, 9.17) is 4.42 Å². The Bertz CT molecular complexity index is 844. The van der Waals surface area contributed by atoms with E-state index in [2.05, 4.69) is 5.32 Å². The SMILES string of the molecule is CNC1CCCN(S(=O)(=O)c2ccc3oc(=O)ccc3c2)C1. The topological polar surface area (TPSA) is 79.6 Å². The van der Waals surface area contributed by atoms with Crippen LogP contribution < -0.4 is 10.9 Å². The molecule has 1 aromatic heterocycles. The summed E-state index contributed by atoms with van der Waals surface area (Å²) in [5, 5.41) is 3.74. The maximum atomic E-state index is 12.8. The lowest BCUT2D eigenvalue weighted by atomic mass is 10.1. The molecule has 1 aliphatic heterocycles. The second kappa shape index (κ2) is 5.83. The number of fused-ring (bicyclic) bond motifs is 1. The fourth-order valence-corrected chi connectivity index (χ4v) is 4.32. The van der Waals surface area contributed by atoms with Crippen LogP contribution >= 0.6 is 0 Å². The van der Waals surface area contributed by atoms with Gasteiger partial charge in [-0.1, -0.05) is 0 Å². The molecule has 3 rings (SSSR count). The highest BCUT2D eigenvalue weighted by Crippen LogP contribution is 2.23. The number of hydrogen-bond acceptors (Lipinski definition) is 5. The second-order valence-corrected chi connectivity index (χ2v) is 7.38. The zero-order valence-corrected chi connectivity index (χ0v) is 13.1. The van der Waals surface area contributed by atoms with Crippen LogP contribution in [0.4, 0.5) is 0 Å². The molecule has 0 aliphatic carbocycles. The number of nitrogens with zero attached hydrogens (tertiary/aromatic N) is 1. The molecule has 0 spiro atoms. The van der Waals surface area contributed by atoms with Gasteiger partial charge < -0.3 is 9.73 Å². The van der Waals surface area contributed by atoms with Crippen molar-refractivity contribution in [3.05, 3.63) is 40.8 Å². The summed E-state index contributed by atoms with van der Waals surface area (Å²) in [4.78, 5) is 11.4. The van der Waals surface area contributed by atoms with E-state index < -0.39 is 15.6 Å². The first-order valence-electron chi connectivity index (χ1n) is 7.22. The maximum absolute atomic E-state index is 12.8. The molecular formula is C15H18N2O4S. The third-order valence-electron chi connectivity index (χ3n) is 4.02. The van der Waals surface area contributed by atoms with E-state index in [1.54, 1.807) is 12.1 Å². The quantitative estimate of drug-likeness (QED) is 0.858. The van der Waals surface area contributed by atoms with Crippen molar-refractivity contribution < 1.29 is 12.8 Å². The molecule has 1 aliphatic rings. The first kappa shape index (κ1) is 15.2. The van der Waals surface area contributed by atoms with Crippen LogP contribution in [0.2, 0.25) is 0 Å². The molecule has 0 amide bonds. The Balaban J connectivity index is 1.98. The highest BCUT2D eigenvalue weighted by molar-refractivity contribution is 7.89. The van der Waals surface area contributed by atoms with Gasteiger partial charge in [-0.2, -0.15) is 4.31 Å². The van der Waals surface area contributed by atoms with E-state index in [0.29, 0.717) is 24.1 Å². The molecule has 2 heterocycles. The van der Waals surface area contributed by atoms with E-state index in [-0.39, 0.29) is 10.9 Å². The van der Waals surface area contributed by atoms with E-state index in [9.17, 15) is 13.2 Å². The van der Waals surface area contributed by atoms with Crippen molar-refractivity contribution in [1.29, 1.82) is 0 Å². The first-order chi connectivity index (χ1) is 10.5. The number of nitrogens with one attached hydrogen (secondary N) is 1. The molecule has 2 aromatic rings. The van der Waals surface area contributed by atoms with Crippen LogP contribution in [0.15, 0.2) is 44.4 Å². The Morgan fingerprint density at radius 2 is 2.09 bits per heavy atom. The molecule has 7 heteroatoms. The van der Waals surface area contributed by atoms with Crippen LogP contribution in [0.3, 0.4) is 0 Å². The third-order valence-corrected chi connectivity index (χ3v) is 5.88. The van der Waals surface area contributed by atoms with Gasteiger partial charge in [0.2, 0.25) is 10.0 Å². The molecule has 118 valence electrons. The Morgan fingerprint density at radius 1 is 1.27 bits per heavy atom. The zero-order valence-electron chi connectivity index (χ0n) is 12.3. The number of rotatable bonds is 3. The average molecular weight is 322 g/mol. The summed E-state index contributed by atoms with van der Waals surface area (Å²) in [7, 11) is -1.69. The lowest BCUT2D eigenvalue weighted by Gasteiger charge is -2.31. The van der Waals surface area contributed by atoms with Gasteiger partial charge in [0, 0.05) is 30.6 Å². The molecule has 6 nitrogen and oxygen atoms in total. The van der Waals surface area contributed by atoms with Gasteiger partial charge >= 0.3 is 5.63 Å². The van der Waals surface area contributed by atoms with E-state index in [0.717, 1.165) is 12.8 Å². The van der Waals surface area contributed by atoms with E-state index in [1.165, 1.54) is 22.5 Å². The van der Waals surface area contributed by atoms with Crippen LogP contribution in [-0.4, -0.2) is 38.9 Å². The van der Waals surface area contributed by atoms with Crippen molar-refractivity contribution in [2.45, 2.75) is 23.8 Å². The molecule has 1 N–H and O–H groups in total. The van der Waals surface area contributed by atoms with Crippen molar-refractivity contribution in [3.63, 3.8) is 0 Å². The van der Waals surface area contributed by atoms with Gasteiger partial charge in [0.25, 0.3) is 0 Å². The monoisotopic (exact) mass is 322 g/mol. The molecule has 1 saturated heterocycles. The largest absolute Gasteiger partial charge is 0.423 e. The number of hydrogen-bond donors (Lipinski definition) is 1. The van der Waals surface area contributed by atoms with Crippen LogP contribution in [0.1, 0.15) is 12.8 Å². The first-order valence-corrected chi connectivity index (χ1v) is 8.66. The van der Waals surface area contributed by atoms with Crippen LogP contribution in [0.25, 0.3) is 11.0 Å². The van der Waals surface area contributed by atoms with E-state index in [1.807, 2.05) is 7.05 Å². The average Bonchev–Trinajstić information content (AvgIpc) is 2.54. The lowest BCUT2D eigenvalue weighted by Crippen LogP contribution is -2.46. The smallest absolute Gasteiger partial charge is 0.336 e. The summed E-state index contributed by atoms with van der Waals surface area (Å²) < 4.78 is 32.1. The van der Waals surface area contributed by atoms with Crippen molar-refractivity contribution in [3.8, 4) is 0 Å². The fraction of sp³-hybridized carbons (Fsp3) is 0.400. The molecule has 1 atom stereocenters. The summed E-state index contributed by atoms with van der Waals surface area (Å²) in [6.07, 6.45) is 1.82. The predicted octanol–water partition coefficient (Wildman–Crippen LogP) is 1.17. The van der Waals surface area contributed by atoms with E-state index >= 15 is 0 Å². The van der Waals surface area contributed by atoms with Crippen molar-refractivity contribution in [2.75, 3.05) is 20.1 Å². The summed E-state index contributed by atoms with van der Waals surface area (Å²) in [5.41, 5.74) is -0.0609. The number of piperidine rings is 1. The second-order valence-electron chi connectivity index (χ2n) is 5.44. The van der Waals surface area contributed by atoms with Crippen molar-refractivity contribution in [2.24, 2.45) is 0 Å². The Hall–Kier alpha value is -1.70. The zero-order chi connectivity index (χ0) is 15.7. The molecule has 0 saturated carbocycles. The van der Waals surface area contributed by atoms with Gasteiger partial charge in [0.05, 0.1) is 4.90 Å². The molecule has 22 heavy (non-hydrogen) atoms. The van der Waals surface area contributed by atoms with Crippen LogP contribution in [0, 0.1) is 0 Å². The highest BCUT2D eigenvalue weighted by Gasteiger charge is 2.29. The molecule has 0 radical (unpaired) electrons. The standard InChI is InChI=1S/C15H18N2O4S/c1-16-12-3-2-8-17(10-12)22(19,20)13-5-6-14-11(9-13)4-7-15(18)21-14/h4-7,9,12,16H,2-3,8,10H2,1H3. The minimum Gasteiger partial charge on any atom is -0.423 e. The Morgan fingerprint density at radius 3 is 2.86 bits per heavy atom. The summed E-state index contributed by atoms with van der Waals surface area (Å²) in [5.74, 6) is 0. The minimum absolute atomic E-state index is 0.182. The van der Waals surface area contributed by atoms with Gasteiger partial charge in [-0.15, -0.1) is 0 Å². The molecule has 0 bridgehead atoms. The maximum Gasteiger partial charge on any atom is 0.336 e. The summed E-state index contributed by atoms with van der Waals surface area (Å²) in [6.45, 7) is 1.00. The van der Waals surface area contributed by atoms with Crippen molar-refractivity contribution in [1.82, 2.24) is 9.62 Å². The lowest BCUT2D eigenvalue weighted by molar-refractivity contribution is 0.293. The highest BCUT2D eigenvalue weighted by atomic mass is 32.2. The van der Waals surface area contributed by atoms with Gasteiger partial charge in [-0.3, -0.25) is 0 Å².